The van der Waals surface area contributed by atoms with Crippen molar-refractivity contribution in [2.75, 3.05) is 9.80 Å². The van der Waals surface area contributed by atoms with E-state index in [0.717, 1.165) is 85.5 Å². The fraction of sp³-hybridized carbons (Fsp3) is 0.215. The lowest BCUT2D eigenvalue weighted by Crippen LogP contribution is -2.17. The van der Waals surface area contributed by atoms with Gasteiger partial charge in [-0.05, 0) is 342 Å². The van der Waals surface area contributed by atoms with Gasteiger partial charge in [-0.3, -0.25) is 0 Å². The smallest absolute Gasteiger partial charge is 0.0464 e. The first kappa shape index (κ1) is 91.6. The highest BCUT2D eigenvalue weighted by Gasteiger charge is 2.27. The minimum absolute atomic E-state index is 0.641. The number of unbranched alkanes of at least 4 members (excludes halogenated alkanes) is 6. The summed E-state index contributed by atoms with van der Waals surface area (Å²) in [5.74, 6) is 0.641. The Kier molecular flexibility index (Phi) is 30.4. The van der Waals surface area contributed by atoms with E-state index in [1.54, 1.807) is 0 Å². The first-order valence-corrected chi connectivity index (χ1v) is 48.7. The van der Waals surface area contributed by atoms with Crippen LogP contribution in [0.15, 0.2) is 382 Å². The van der Waals surface area contributed by atoms with E-state index in [2.05, 4.69) is 475 Å². The monoisotopic (exact) mass is 1720 g/mol. The Morgan fingerprint density at radius 2 is 0.477 bits per heavy atom. The highest BCUT2D eigenvalue weighted by atomic mass is 15.1. The van der Waals surface area contributed by atoms with Crippen LogP contribution in [0.5, 0.6) is 0 Å². The molecule has 1 aliphatic rings. The predicted molar refractivity (Wildman–Crippen MR) is 571 cm³/mol. The SMILES string of the molecule is CCCCCCc1cc(-c2ccc(N(c3ccc(-c4ccc(C)cc4)cc3)c3ccc(-c4ccc(CCC)cc4)cc3)cc2C)c(CCCCCC)cc1-c1ccc(N(c2ccc(-c3ccc(C)cc3)cc2)c2ccc(-c3ccc(CCC)cc3)cc2)cc1C.Cc1ccc(-c2cc(-c3ccc(C)cc3)cc(-c3ccc(C)cc3)c2)cc1.Cc1ccc(C2Cc3ccccc32)cc1. The van der Waals surface area contributed by atoms with Crippen molar-refractivity contribution in [2.45, 2.75) is 185 Å². The van der Waals surface area contributed by atoms with Gasteiger partial charge in [0.1, 0.15) is 0 Å². The number of anilines is 6. The van der Waals surface area contributed by atoms with Crippen molar-refractivity contribution in [3.63, 3.8) is 0 Å². The zero-order valence-electron chi connectivity index (χ0n) is 80.0. The fourth-order valence-electron chi connectivity index (χ4n) is 18.9. The number of hydrogen-bond donors (Lipinski definition) is 0. The van der Waals surface area contributed by atoms with Gasteiger partial charge in [0.05, 0.1) is 0 Å². The first-order valence-electron chi connectivity index (χ1n) is 48.7. The van der Waals surface area contributed by atoms with E-state index in [4.69, 9.17) is 0 Å². The molecule has 0 spiro atoms. The Hall–Kier alpha value is -13.7. The molecule has 132 heavy (non-hydrogen) atoms. The number of aryl methyl sites for hydroxylation is 12. The van der Waals surface area contributed by atoms with Crippen LogP contribution in [0.2, 0.25) is 0 Å². The van der Waals surface area contributed by atoms with Crippen LogP contribution in [0.3, 0.4) is 0 Å². The summed E-state index contributed by atoms with van der Waals surface area (Å²) < 4.78 is 0. The Morgan fingerprint density at radius 3 is 0.758 bits per heavy atom. The molecule has 0 N–H and O–H groups in total. The molecule has 2 heteroatoms. The van der Waals surface area contributed by atoms with Gasteiger partial charge in [-0.15, -0.1) is 0 Å². The maximum Gasteiger partial charge on any atom is 0.0464 e. The van der Waals surface area contributed by atoms with Crippen LogP contribution in [0, 0.1) is 55.4 Å². The van der Waals surface area contributed by atoms with Gasteiger partial charge in [-0.1, -0.05) is 404 Å². The third kappa shape index (κ3) is 22.7. The lowest BCUT2D eigenvalue weighted by molar-refractivity contribution is 0.664. The zero-order chi connectivity index (χ0) is 91.4. The van der Waals surface area contributed by atoms with Crippen LogP contribution >= 0.6 is 0 Å². The molecule has 0 aromatic heterocycles. The number of rotatable bonds is 30. The average Bonchev–Trinajstić information content (AvgIpc) is 0.763. The van der Waals surface area contributed by atoms with Gasteiger partial charge in [0, 0.05) is 40.0 Å². The Morgan fingerprint density at radius 1 is 0.212 bits per heavy atom. The molecule has 17 aromatic carbocycles. The quantitative estimate of drug-likeness (QED) is 0.0414. The number of nitrogens with zero attached hydrogens (tertiary/aromatic N) is 2. The predicted octanol–water partition coefficient (Wildman–Crippen LogP) is 37.3. The molecule has 1 atom stereocenters. The number of hydrogen-bond acceptors (Lipinski definition) is 2. The van der Waals surface area contributed by atoms with Crippen molar-refractivity contribution in [2.24, 2.45) is 0 Å². The van der Waals surface area contributed by atoms with Gasteiger partial charge in [0.25, 0.3) is 0 Å². The Labute approximate surface area is 789 Å². The van der Waals surface area contributed by atoms with E-state index < -0.39 is 0 Å². The van der Waals surface area contributed by atoms with E-state index in [-0.39, 0.29) is 0 Å². The summed E-state index contributed by atoms with van der Waals surface area (Å²) in [5, 5.41) is 0. The molecule has 0 bridgehead atoms. The summed E-state index contributed by atoms with van der Waals surface area (Å²) in [6.45, 7) is 26.6. The van der Waals surface area contributed by atoms with Crippen LogP contribution < -0.4 is 9.80 Å². The van der Waals surface area contributed by atoms with Crippen LogP contribution in [0.4, 0.5) is 34.1 Å². The molecule has 17 aromatic rings. The van der Waals surface area contributed by atoms with Gasteiger partial charge in [-0.25, -0.2) is 0 Å². The molecule has 0 saturated heterocycles. The lowest BCUT2D eigenvalue weighted by atomic mass is 9.74. The first-order chi connectivity index (χ1) is 64.5. The molecular formula is C130H130N2. The van der Waals surface area contributed by atoms with Crippen molar-refractivity contribution in [1.29, 1.82) is 0 Å². The minimum atomic E-state index is 0.641. The topological polar surface area (TPSA) is 6.48 Å². The molecule has 0 fully saturated rings. The molecule has 1 unspecified atom stereocenters. The van der Waals surface area contributed by atoms with Gasteiger partial charge < -0.3 is 9.80 Å². The second-order valence-electron chi connectivity index (χ2n) is 37.0. The van der Waals surface area contributed by atoms with Crippen molar-refractivity contribution in [3.8, 4) is 100 Å². The maximum atomic E-state index is 2.61. The normalized spacial score (nSPS) is 12.0. The number of fused-ring (bicyclic) bond motifs is 1. The second kappa shape index (κ2) is 43.8. The van der Waals surface area contributed by atoms with Gasteiger partial charge in [0.15, 0.2) is 0 Å². The molecule has 0 saturated carbocycles. The molecule has 2 nitrogen and oxygen atoms in total. The van der Waals surface area contributed by atoms with Gasteiger partial charge in [-0.2, -0.15) is 0 Å². The molecular weight excluding hydrogens is 1590 g/mol. The molecule has 660 valence electrons. The lowest BCUT2D eigenvalue weighted by Gasteiger charge is -2.30. The third-order valence-electron chi connectivity index (χ3n) is 26.8. The van der Waals surface area contributed by atoms with Gasteiger partial charge >= 0.3 is 0 Å². The largest absolute Gasteiger partial charge is 0.310 e. The van der Waals surface area contributed by atoms with E-state index in [0.29, 0.717) is 5.92 Å². The standard InChI is InChI=1S/C88H92N2.C27H24.C15H14/c1-9-13-15-17-21-77-61-88(86-58-56-84(60-66(86)8)90(80-49-41-74(42-50-80)70-33-25-64(6)26-34-70)82-53-45-76(46-54-82)72-37-29-68(20-12-4)30-38-72)78(22-18-16-14-10-2)62-87(77)85-57-55-83(59-65(85)7)89(79-47-39-73(40-48-79)69-31-23-63(5)24-32-69)81-51-43-75(44-52-81)71-35-27-67(19-11-3)28-36-71;1-19-4-10-22(11-5-19)25-16-26(23-12-6-20(2)7-13-23)18-27(17-25)24-14-8-21(3)9-15-24;1-11-6-8-12(9-7-11)15-10-13-4-2-3-5-14(13)15/h23-62H,9-22H2,1-8H3;4-18H,1-3H3;2-9,15H,10H2,1H3. The van der Waals surface area contributed by atoms with Crippen LogP contribution in [0.25, 0.3) is 100 Å². The molecule has 0 amide bonds. The van der Waals surface area contributed by atoms with Crippen molar-refractivity contribution in [3.05, 3.63) is 466 Å². The number of benzene rings is 17. The van der Waals surface area contributed by atoms with E-state index in [1.807, 2.05) is 0 Å². The van der Waals surface area contributed by atoms with Crippen molar-refractivity contribution in [1.82, 2.24) is 0 Å². The van der Waals surface area contributed by atoms with Gasteiger partial charge in [0.2, 0.25) is 0 Å². The fourth-order valence-corrected chi connectivity index (χ4v) is 18.9. The summed E-state index contributed by atoms with van der Waals surface area (Å²) in [6, 6.07) is 143. The molecule has 0 radical (unpaired) electrons. The van der Waals surface area contributed by atoms with E-state index in [1.165, 1.54) is 229 Å². The summed E-state index contributed by atoms with van der Waals surface area (Å²) in [7, 11) is 0. The molecule has 0 heterocycles. The summed E-state index contributed by atoms with van der Waals surface area (Å²) in [6.07, 6.45) is 17.5. The van der Waals surface area contributed by atoms with Crippen LogP contribution in [0.1, 0.15) is 181 Å². The zero-order valence-corrected chi connectivity index (χ0v) is 80.0. The van der Waals surface area contributed by atoms with E-state index >= 15 is 0 Å². The second-order valence-corrected chi connectivity index (χ2v) is 37.0. The Bertz CT molecular complexity index is 6190. The molecule has 1 aliphatic carbocycles. The third-order valence-corrected chi connectivity index (χ3v) is 26.8. The Balaban J connectivity index is 0.000000243. The highest BCUT2D eigenvalue weighted by molar-refractivity contribution is 5.88. The summed E-state index contributed by atoms with van der Waals surface area (Å²) >= 11 is 0. The summed E-state index contributed by atoms with van der Waals surface area (Å²) in [4.78, 5) is 4.88. The van der Waals surface area contributed by atoms with Crippen LogP contribution in [-0.4, -0.2) is 0 Å². The maximum absolute atomic E-state index is 2.61. The van der Waals surface area contributed by atoms with Crippen molar-refractivity contribution < 1.29 is 0 Å². The van der Waals surface area contributed by atoms with Crippen LogP contribution in [-0.2, 0) is 32.1 Å². The molecule has 0 aliphatic heterocycles. The molecule has 18 rings (SSSR count). The van der Waals surface area contributed by atoms with E-state index in [9.17, 15) is 0 Å². The highest BCUT2D eigenvalue weighted by Crippen LogP contribution is 2.46. The average molecular weight is 1720 g/mol. The summed E-state index contributed by atoms with van der Waals surface area (Å²) in [5.41, 5.74) is 50.0. The minimum Gasteiger partial charge on any atom is -0.310 e. The van der Waals surface area contributed by atoms with Crippen molar-refractivity contribution >= 4 is 34.1 Å².